The number of phenols is 1. The maximum absolute atomic E-state index is 12.7. The molecule has 7 nitrogen and oxygen atoms in total. The molecular weight excluding hydrogens is 430 g/mol. The molecule has 0 radical (unpaired) electrons. The number of nitrogens with one attached hydrogen (secondary N) is 1. The fraction of sp³-hybridized carbons (Fsp3) is 0.333. The van der Waals surface area contributed by atoms with Crippen molar-refractivity contribution in [2.24, 2.45) is 10.2 Å². The lowest BCUT2D eigenvalue weighted by Crippen LogP contribution is -2.24. The molecule has 0 spiro atoms. The van der Waals surface area contributed by atoms with Crippen molar-refractivity contribution in [2.75, 3.05) is 13.2 Å². The Labute approximate surface area is 200 Å². The molecule has 0 aliphatic carbocycles. The zero-order chi connectivity index (χ0) is 24.9. The van der Waals surface area contributed by atoms with Crippen LogP contribution in [0.4, 0.5) is 11.4 Å². The predicted molar refractivity (Wildman–Crippen MR) is 135 cm³/mol. The summed E-state index contributed by atoms with van der Waals surface area (Å²) in [4.78, 5) is 24.9. The van der Waals surface area contributed by atoms with Gasteiger partial charge in [0.1, 0.15) is 11.4 Å². The van der Waals surface area contributed by atoms with Gasteiger partial charge >= 0.3 is 5.97 Å². The summed E-state index contributed by atoms with van der Waals surface area (Å²) < 4.78 is 5.09. The van der Waals surface area contributed by atoms with Crippen LogP contribution in [0.1, 0.15) is 67.7 Å². The van der Waals surface area contributed by atoms with Crippen LogP contribution in [-0.4, -0.2) is 30.1 Å². The Kier molecular flexibility index (Phi) is 10.7. The van der Waals surface area contributed by atoms with Crippen molar-refractivity contribution in [1.82, 2.24) is 5.32 Å². The number of aromatic hydroxyl groups is 1. The highest BCUT2D eigenvalue weighted by Gasteiger charge is 2.17. The van der Waals surface area contributed by atoms with Crippen LogP contribution in [0.2, 0.25) is 0 Å². The number of unbranched alkanes of at least 4 members (excludes halogenated alkanes) is 2. The van der Waals surface area contributed by atoms with Gasteiger partial charge in [-0.1, -0.05) is 70.0 Å². The molecule has 3 rings (SSSR count). The molecule has 7 heteroatoms. The Morgan fingerprint density at radius 1 is 0.882 bits per heavy atom. The lowest BCUT2D eigenvalue weighted by molar-refractivity contribution is 0.0527. The van der Waals surface area contributed by atoms with Gasteiger partial charge in [0.2, 0.25) is 0 Å². The van der Waals surface area contributed by atoms with Gasteiger partial charge in [-0.15, -0.1) is 10.2 Å². The van der Waals surface area contributed by atoms with Crippen LogP contribution >= 0.6 is 0 Å². The second-order valence-corrected chi connectivity index (χ2v) is 7.24. The standard InChI is InChI=1S/C25H27N3O4.C2H6/c1-3-5-10-15-26-24(30)20-16-22(17-11-6-7-12-18(17)23(20)29)28-27-21-14-9-8-13-19(21)25(31)32-4-2;1-2/h6-9,11-14,16,29H,3-5,10,15H2,1-2H3,(H,26,30);1-2H3. The van der Waals surface area contributed by atoms with Gasteiger partial charge in [0.15, 0.2) is 0 Å². The highest BCUT2D eigenvalue weighted by molar-refractivity contribution is 6.07. The minimum absolute atomic E-state index is 0.0977. The fourth-order valence-corrected chi connectivity index (χ4v) is 3.32. The monoisotopic (exact) mass is 463 g/mol. The molecule has 0 bridgehead atoms. The SMILES string of the molecule is CC.CCCCCNC(=O)c1cc(N=Nc2ccccc2C(=O)OCC)c2ccccc2c1O. The van der Waals surface area contributed by atoms with E-state index in [2.05, 4.69) is 22.5 Å². The number of amides is 1. The summed E-state index contributed by atoms with van der Waals surface area (Å²) >= 11 is 0. The summed E-state index contributed by atoms with van der Waals surface area (Å²) in [7, 11) is 0. The molecule has 0 saturated heterocycles. The van der Waals surface area contributed by atoms with Crippen LogP contribution in [0, 0.1) is 0 Å². The molecule has 0 aromatic heterocycles. The van der Waals surface area contributed by atoms with Crippen LogP contribution in [-0.2, 0) is 4.74 Å². The summed E-state index contributed by atoms with van der Waals surface area (Å²) in [6.45, 7) is 8.61. The summed E-state index contributed by atoms with van der Waals surface area (Å²) in [6.07, 6.45) is 2.94. The van der Waals surface area contributed by atoms with Crippen molar-refractivity contribution in [3.05, 3.63) is 65.7 Å². The van der Waals surface area contributed by atoms with Gasteiger partial charge in [-0.25, -0.2) is 4.79 Å². The third-order valence-electron chi connectivity index (χ3n) is 4.97. The van der Waals surface area contributed by atoms with Crippen LogP contribution < -0.4 is 5.32 Å². The number of hydrogen-bond donors (Lipinski definition) is 2. The van der Waals surface area contributed by atoms with Gasteiger partial charge < -0.3 is 15.2 Å². The van der Waals surface area contributed by atoms with Crippen LogP contribution in [0.5, 0.6) is 5.75 Å². The van der Waals surface area contributed by atoms with E-state index in [4.69, 9.17) is 4.74 Å². The molecule has 0 atom stereocenters. The van der Waals surface area contributed by atoms with E-state index in [9.17, 15) is 14.7 Å². The minimum Gasteiger partial charge on any atom is -0.506 e. The molecule has 180 valence electrons. The van der Waals surface area contributed by atoms with Crippen molar-refractivity contribution in [3.8, 4) is 5.75 Å². The molecule has 3 aromatic rings. The predicted octanol–water partition coefficient (Wildman–Crippen LogP) is 7.08. The van der Waals surface area contributed by atoms with Gasteiger partial charge in [0, 0.05) is 17.3 Å². The van der Waals surface area contributed by atoms with Crippen molar-refractivity contribution < 1.29 is 19.4 Å². The number of esters is 1. The summed E-state index contributed by atoms with van der Waals surface area (Å²) in [5.41, 5.74) is 1.20. The van der Waals surface area contributed by atoms with E-state index in [-0.39, 0.29) is 23.8 Å². The second kappa shape index (κ2) is 13.7. The first-order valence-electron chi connectivity index (χ1n) is 11.8. The number of ether oxygens (including phenoxy) is 1. The number of hydrogen-bond acceptors (Lipinski definition) is 6. The average molecular weight is 464 g/mol. The van der Waals surface area contributed by atoms with Crippen molar-refractivity contribution in [2.45, 2.75) is 47.0 Å². The highest BCUT2D eigenvalue weighted by atomic mass is 16.5. The van der Waals surface area contributed by atoms with Crippen LogP contribution in [0.3, 0.4) is 0 Å². The largest absolute Gasteiger partial charge is 0.506 e. The first kappa shape index (κ1) is 26.5. The van der Waals surface area contributed by atoms with E-state index in [1.54, 1.807) is 49.4 Å². The molecular formula is C27H33N3O4. The molecule has 2 N–H and O–H groups in total. The molecule has 0 fully saturated rings. The molecule has 0 aliphatic heterocycles. The van der Waals surface area contributed by atoms with E-state index in [0.717, 1.165) is 19.3 Å². The van der Waals surface area contributed by atoms with Gasteiger partial charge in [-0.05, 0) is 31.5 Å². The first-order valence-corrected chi connectivity index (χ1v) is 11.8. The molecule has 0 heterocycles. The normalized spacial score (nSPS) is 10.6. The minimum atomic E-state index is -0.482. The fourth-order valence-electron chi connectivity index (χ4n) is 3.32. The zero-order valence-electron chi connectivity index (χ0n) is 20.3. The van der Waals surface area contributed by atoms with E-state index >= 15 is 0 Å². The van der Waals surface area contributed by atoms with E-state index < -0.39 is 5.97 Å². The molecule has 3 aromatic carbocycles. The first-order chi connectivity index (χ1) is 16.6. The summed E-state index contributed by atoms with van der Waals surface area (Å²) in [6, 6.07) is 15.4. The molecule has 1 amide bonds. The smallest absolute Gasteiger partial charge is 0.340 e. The lowest BCUT2D eigenvalue weighted by atomic mass is 10.0. The Morgan fingerprint density at radius 3 is 2.24 bits per heavy atom. The van der Waals surface area contributed by atoms with E-state index in [0.29, 0.717) is 34.3 Å². The number of carbonyl (C=O) groups is 2. The zero-order valence-corrected chi connectivity index (χ0v) is 20.3. The number of nitrogens with zero attached hydrogens (tertiary/aromatic N) is 2. The number of rotatable bonds is 9. The highest BCUT2D eigenvalue weighted by Crippen LogP contribution is 2.37. The Balaban J connectivity index is 0.00000199. The maximum Gasteiger partial charge on any atom is 0.340 e. The average Bonchev–Trinajstić information content (AvgIpc) is 2.88. The van der Waals surface area contributed by atoms with Gasteiger partial charge in [0.25, 0.3) is 5.91 Å². The number of azo groups is 1. The van der Waals surface area contributed by atoms with Gasteiger partial charge in [-0.3, -0.25) is 4.79 Å². The summed E-state index contributed by atoms with van der Waals surface area (Å²) in [5.74, 6) is -0.947. The van der Waals surface area contributed by atoms with Gasteiger partial charge in [0.05, 0.1) is 23.4 Å². The van der Waals surface area contributed by atoms with Crippen molar-refractivity contribution in [3.63, 3.8) is 0 Å². The topological polar surface area (TPSA) is 100 Å². The number of benzene rings is 3. The lowest BCUT2D eigenvalue weighted by Gasteiger charge is -2.11. The number of phenolic OH excluding ortho intramolecular Hbond substituents is 1. The van der Waals surface area contributed by atoms with Crippen molar-refractivity contribution in [1.29, 1.82) is 0 Å². The summed E-state index contributed by atoms with van der Waals surface area (Å²) in [5, 5.41) is 23.3. The van der Waals surface area contributed by atoms with Crippen LogP contribution in [0.25, 0.3) is 10.8 Å². The molecule has 0 unspecified atom stereocenters. The Bertz CT molecular complexity index is 1140. The quantitative estimate of drug-likeness (QED) is 0.201. The molecule has 0 saturated carbocycles. The van der Waals surface area contributed by atoms with Gasteiger partial charge in [-0.2, -0.15) is 0 Å². The Morgan fingerprint density at radius 2 is 1.53 bits per heavy atom. The van der Waals surface area contributed by atoms with E-state index in [1.165, 1.54) is 6.07 Å². The third kappa shape index (κ3) is 6.63. The van der Waals surface area contributed by atoms with Crippen molar-refractivity contribution >= 4 is 34.0 Å². The van der Waals surface area contributed by atoms with E-state index in [1.807, 2.05) is 19.9 Å². The molecule has 34 heavy (non-hydrogen) atoms. The number of fused-ring (bicyclic) bond motifs is 1. The maximum atomic E-state index is 12.7. The molecule has 0 aliphatic rings. The van der Waals surface area contributed by atoms with Crippen LogP contribution in [0.15, 0.2) is 64.8 Å². The second-order valence-electron chi connectivity index (χ2n) is 7.24. The number of carbonyl (C=O) groups excluding carboxylic acids is 2. The Hall–Kier alpha value is -3.74. The third-order valence-corrected chi connectivity index (χ3v) is 4.97.